The molecule has 6 nitrogen and oxygen atoms in total. The molecule has 3 aromatic carbocycles. The van der Waals surface area contributed by atoms with Gasteiger partial charge in [-0.25, -0.2) is 4.90 Å². The molecule has 0 unspecified atom stereocenters. The Morgan fingerprint density at radius 2 is 1.19 bits per heavy atom. The van der Waals surface area contributed by atoms with Gasteiger partial charge < -0.3 is 0 Å². The standard InChI is InChI=1S/C36H30N2O4/c1-19-8-6-12-22(16-19)37-33(39)27-18-26(21-10-4-3-5-11-21)28-24-14-15-25(29(28)32(27)36(37)42)31-30(24)34(40)38(35(31)41)23-13-7-9-20(2)17-23/h3-17,24-25,27,29-32H,18H2,1-2H3/t24-,25-,27+,29-,30+,31+,32+/m0/s1. The Morgan fingerprint density at radius 3 is 1.83 bits per heavy atom. The molecule has 208 valence electrons. The van der Waals surface area contributed by atoms with Crippen LogP contribution in [-0.4, -0.2) is 23.6 Å². The van der Waals surface area contributed by atoms with Gasteiger partial charge >= 0.3 is 0 Å². The van der Waals surface area contributed by atoms with E-state index in [1.807, 2.05) is 92.7 Å². The molecule has 6 heteroatoms. The van der Waals surface area contributed by atoms with Crippen molar-refractivity contribution in [1.29, 1.82) is 0 Å². The number of hydrogen-bond acceptors (Lipinski definition) is 4. The monoisotopic (exact) mass is 554 g/mol. The van der Waals surface area contributed by atoms with Crippen molar-refractivity contribution in [2.75, 3.05) is 9.80 Å². The number of allylic oxidation sites excluding steroid dienone is 4. The fourth-order valence-electron chi connectivity index (χ4n) is 8.56. The highest BCUT2D eigenvalue weighted by molar-refractivity contribution is 6.24. The van der Waals surface area contributed by atoms with E-state index in [0.29, 0.717) is 17.8 Å². The average Bonchev–Trinajstić information content (AvgIpc) is 3.42. The summed E-state index contributed by atoms with van der Waals surface area (Å²) in [7, 11) is 0. The lowest BCUT2D eigenvalue weighted by Gasteiger charge is -2.51. The van der Waals surface area contributed by atoms with Gasteiger partial charge in [0, 0.05) is 11.8 Å². The summed E-state index contributed by atoms with van der Waals surface area (Å²) in [5.41, 5.74) is 6.25. The van der Waals surface area contributed by atoms with Crippen LogP contribution in [0.1, 0.15) is 23.1 Å². The van der Waals surface area contributed by atoms with Gasteiger partial charge in [0.05, 0.1) is 35.0 Å². The van der Waals surface area contributed by atoms with Gasteiger partial charge in [0.1, 0.15) is 0 Å². The highest BCUT2D eigenvalue weighted by Crippen LogP contribution is 2.63. The summed E-state index contributed by atoms with van der Waals surface area (Å²) < 4.78 is 0. The van der Waals surface area contributed by atoms with Gasteiger partial charge in [-0.05, 0) is 72.7 Å². The molecule has 2 heterocycles. The van der Waals surface area contributed by atoms with Crippen LogP contribution in [0.25, 0.3) is 5.57 Å². The molecule has 3 aromatic rings. The minimum absolute atomic E-state index is 0.175. The van der Waals surface area contributed by atoms with E-state index >= 15 is 0 Å². The number of imide groups is 2. The minimum atomic E-state index is -0.574. The van der Waals surface area contributed by atoms with Crippen molar-refractivity contribution in [2.24, 2.45) is 41.4 Å². The fourth-order valence-corrected chi connectivity index (χ4v) is 8.56. The molecule has 0 spiro atoms. The van der Waals surface area contributed by atoms with Crippen LogP contribution in [-0.2, 0) is 19.2 Å². The Bertz CT molecular complexity index is 1770. The first-order valence-corrected chi connectivity index (χ1v) is 14.7. The van der Waals surface area contributed by atoms with Crippen molar-refractivity contribution in [3.05, 3.63) is 113 Å². The molecule has 4 aliphatic carbocycles. The van der Waals surface area contributed by atoms with E-state index in [1.165, 1.54) is 9.80 Å². The lowest BCUT2D eigenvalue weighted by molar-refractivity contribution is -0.129. The molecule has 1 saturated carbocycles. The van der Waals surface area contributed by atoms with E-state index in [9.17, 15) is 19.2 Å². The van der Waals surface area contributed by atoms with Crippen LogP contribution in [0.5, 0.6) is 0 Å². The lowest BCUT2D eigenvalue weighted by atomic mass is 9.49. The second-order valence-corrected chi connectivity index (χ2v) is 12.4. The number of fused-ring (bicyclic) bond motifs is 1. The molecule has 42 heavy (non-hydrogen) atoms. The SMILES string of the molecule is Cc1cccc(N2C(=O)[C@@H]3[C@H]4C=C[C@@H](C5=C(c6ccccc6)C[C@H]6C(=O)N(c7cccc(C)c7)C(=O)[C@H]6[C@H]54)[C@H]3C2=O)c1. The van der Waals surface area contributed by atoms with E-state index in [1.54, 1.807) is 0 Å². The lowest BCUT2D eigenvalue weighted by Crippen LogP contribution is -2.51. The third-order valence-electron chi connectivity index (χ3n) is 10.2. The van der Waals surface area contributed by atoms with Crippen molar-refractivity contribution in [3.8, 4) is 0 Å². The van der Waals surface area contributed by atoms with Gasteiger partial charge in [-0.2, -0.15) is 0 Å². The number of carbonyl (C=O) groups is 4. The summed E-state index contributed by atoms with van der Waals surface area (Å²) in [6.45, 7) is 3.89. The smallest absolute Gasteiger partial charge is 0.238 e. The van der Waals surface area contributed by atoms with Crippen molar-refractivity contribution in [1.82, 2.24) is 0 Å². The van der Waals surface area contributed by atoms with E-state index < -0.39 is 23.7 Å². The van der Waals surface area contributed by atoms with Crippen molar-refractivity contribution < 1.29 is 19.2 Å². The Kier molecular flexibility index (Phi) is 5.37. The quantitative estimate of drug-likeness (QED) is 0.316. The third-order valence-corrected chi connectivity index (χ3v) is 10.2. The molecule has 0 N–H and O–H groups in total. The second-order valence-electron chi connectivity index (χ2n) is 12.4. The molecule has 6 aliphatic rings. The normalized spacial score (nSPS) is 31.1. The zero-order chi connectivity index (χ0) is 28.9. The van der Waals surface area contributed by atoms with Gasteiger partial charge in [-0.15, -0.1) is 0 Å². The number of anilines is 2. The summed E-state index contributed by atoms with van der Waals surface area (Å²) in [6.07, 6.45) is 4.58. The van der Waals surface area contributed by atoms with Crippen LogP contribution < -0.4 is 9.80 Å². The number of rotatable bonds is 3. The van der Waals surface area contributed by atoms with E-state index in [0.717, 1.165) is 27.8 Å². The zero-order valence-electron chi connectivity index (χ0n) is 23.4. The Balaban J connectivity index is 1.29. The van der Waals surface area contributed by atoms with Crippen LogP contribution in [0.3, 0.4) is 0 Å². The highest BCUT2D eigenvalue weighted by Gasteiger charge is 2.67. The first kappa shape index (κ1) is 25.2. The summed E-state index contributed by atoms with van der Waals surface area (Å²) in [4.78, 5) is 59.3. The van der Waals surface area contributed by atoms with E-state index in [-0.39, 0.29) is 41.4 Å². The van der Waals surface area contributed by atoms with Crippen molar-refractivity contribution in [3.63, 3.8) is 0 Å². The maximum Gasteiger partial charge on any atom is 0.238 e. The summed E-state index contributed by atoms with van der Waals surface area (Å²) >= 11 is 0. The fraction of sp³-hybridized carbons (Fsp3) is 0.278. The largest absolute Gasteiger partial charge is 0.274 e. The molecule has 0 aromatic heterocycles. The van der Waals surface area contributed by atoms with Crippen LogP contribution in [0.4, 0.5) is 11.4 Å². The molecule has 7 atom stereocenters. The second kappa shape index (κ2) is 8.96. The maximum atomic E-state index is 14.3. The minimum Gasteiger partial charge on any atom is -0.274 e. The maximum absolute atomic E-state index is 14.3. The highest BCUT2D eigenvalue weighted by atomic mass is 16.2. The number of hydrogen-bond donors (Lipinski definition) is 0. The number of benzene rings is 3. The molecule has 2 saturated heterocycles. The van der Waals surface area contributed by atoms with Crippen LogP contribution in [0, 0.1) is 55.3 Å². The average molecular weight is 555 g/mol. The van der Waals surface area contributed by atoms with Crippen LogP contribution >= 0.6 is 0 Å². The molecule has 3 fully saturated rings. The number of carbonyl (C=O) groups excluding carboxylic acids is 4. The first-order chi connectivity index (χ1) is 20.3. The van der Waals surface area contributed by atoms with Crippen LogP contribution in [0.15, 0.2) is 96.6 Å². The Hall–Kier alpha value is -4.58. The van der Waals surface area contributed by atoms with Gasteiger partial charge in [0.2, 0.25) is 23.6 Å². The molecule has 9 rings (SSSR count). The molecule has 0 radical (unpaired) electrons. The summed E-state index contributed by atoms with van der Waals surface area (Å²) in [5.74, 6) is -3.90. The topological polar surface area (TPSA) is 74.8 Å². The molecular formula is C36H30N2O4. The van der Waals surface area contributed by atoms with Gasteiger partial charge in [-0.3, -0.25) is 24.1 Å². The predicted octanol–water partition coefficient (Wildman–Crippen LogP) is 5.50. The number of nitrogens with zero attached hydrogens (tertiary/aromatic N) is 2. The Morgan fingerprint density at radius 1 is 0.595 bits per heavy atom. The number of aryl methyl sites for hydroxylation is 2. The van der Waals surface area contributed by atoms with E-state index in [4.69, 9.17) is 0 Å². The number of amides is 4. The van der Waals surface area contributed by atoms with Gasteiger partial charge in [-0.1, -0.05) is 72.3 Å². The van der Waals surface area contributed by atoms with Gasteiger partial charge in [0.25, 0.3) is 0 Å². The molecular weight excluding hydrogens is 524 g/mol. The summed E-state index contributed by atoms with van der Waals surface area (Å²) in [5, 5.41) is 0. The van der Waals surface area contributed by atoms with Gasteiger partial charge in [0.15, 0.2) is 0 Å². The Labute approximate surface area is 244 Å². The predicted molar refractivity (Wildman–Crippen MR) is 159 cm³/mol. The molecule has 2 bridgehead atoms. The molecule has 4 amide bonds. The van der Waals surface area contributed by atoms with Crippen molar-refractivity contribution in [2.45, 2.75) is 20.3 Å². The van der Waals surface area contributed by atoms with Crippen LogP contribution in [0.2, 0.25) is 0 Å². The first-order valence-electron chi connectivity index (χ1n) is 14.7. The van der Waals surface area contributed by atoms with E-state index in [2.05, 4.69) is 12.2 Å². The summed E-state index contributed by atoms with van der Waals surface area (Å²) in [6, 6.07) is 25.0. The third kappa shape index (κ3) is 3.32. The zero-order valence-corrected chi connectivity index (χ0v) is 23.4. The van der Waals surface area contributed by atoms with Crippen molar-refractivity contribution >= 4 is 40.6 Å². The molecule has 2 aliphatic heterocycles.